The number of ether oxygens (including phenoxy) is 3. The summed E-state index contributed by atoms with van der Waals surface area (Å²) in [6, 6.07) is 9.63. The Morgan fingerprint density at radius 2 is 1.90 bits per heavy atom. The van der Waals surface area contributed by atoms with Crippen LogP contribution in [0.5, 0.6) is 5.75 Å². The summed E-state index contributed by atoms with van der Waals surface area (Å²) in [4.78, 5) is 64.5. The number of carbonyl (C=O) groups is 5. The number of halogens is 1. The summed E-state index contributed by atoms with van der Waals surface area (Å²) in [7, 11) is 1.36. The van der Waals surface area contributed by atoms with Gasteiger partial charge in [-0.05, 0) is 31.4 Å². The second-order valence-electron chi connectivity index (χ2n) is 10.1. The maximum Gasteiger partial charge on any atom is 0.310 e. The van der Waals surface area contributed by atoms with E-state index in [2.05, 4.69) is 16.0 Å². The number of esters is 1. The fraction of sp³-hybridized carbons (Fsp3) is 0.414. The van der Waals surface area contributed by atoms with Crippen molar-refractivity contribution in [1.29, 1.82) is 0 Å². The lowest BCUT2D eigenvalue weighted by Crippen LogP contribution is -2.54. The normalized spacial score (nSPS) is 20.4. The first-order valence-electron chi connectivity index (χ1n) is 13.5. The quantitative estimate of drug-likeness (QED) is 0.352. The smallest absolute Gasteiger partial charge is 0.310 e. The Morgan fingerprint density at radius 1 is 1.17 bits per heavy atom. The summed E-state index contributed by atoms with van der Waals surface area (Å²) in [6.07, 6.45) is 0.00331. The van der Waals surface area contributed by atoms with Crippen LogP contribution in [0, 0.1) is 0 Å². The molecule has 4 amide bonds. The lowest BCUT2D eigenvalue weighted by Gasteiger charge is -2.28. The van der Waals surface area contributed by atoms with Crippen molar-refractivity contribution < 1.29 is 38.2 Å². The van der Waals surface area contributed by atoms with E-state index in [0.29, 0.717) is 19.4 Å². The number of cyclic esters (lactones) is 1. The van der Waals surface area contributed by atoms with Crippen molar-refractivity contribution >= 4 is 46.9 Å². The van der Waals surface area contributed by atoms with E-state index in [1.54, 1.807) is 0 Å². The zero-order chi connectivity index (χ0) is 30.4. The van der Waals surface area contributed by atoms with Crippen LogP contribution in [0.2, 0.25) is 5.02 Å². The fourth-order valence-corrected chi connectivity index (χ4v) is 5.12. The van der Waals surface area contributed by atoms with Crippen molar-refractivity contribution in [3.8, 4) is 5.75 Å². The molecule has 42 heavy (non-hydrogen) atoms. The van der Waals surface area contributed by atoms with Gasteiger partial charge in [-0.15, -0.1) is 0 Å². The van der Waals surface area contributed by atoms with Crippen LogP contribution in [0.4, 0.5) is 5.69 Å². The molecule has 0 saturated carbocycles. The predicted molar refractivity (Wildman–Crippen MR) is 152 cm³/mol. The monoisotopic (exact) mass is 600 g/mol. The molecule has 13 heteroatoms. The topological polar surface area (TPSA) is 152 Å². The standard InChI is InChI=1S/C29H33ClN4O8/c1-16(31-26(37)19-12-20(30)21(32-17(2)35)13-24(19)40-3)28(39)34-11-7-10-23(34)27(38)33-22-14-25(36)42-29(22)41-15-18-8-5-4-6-9-18/h4-6,8-9,12-13,16,22-23,29H,7,10-11,14-15H2,1-3H3,(H,31,37)(H,32,35)(H,33,38)/t16-,22?,23-,29?/m0/s1. The summed E-state index contributed by atoms with van der Waals surface area (Å²) < 4.78 is 16.3. The van der Waals surface area contributed by atoms with Gasteiger partial charge in [-0.2, -0.15) is 0 Å². The average Bonchev–Trinajstić information content (AvgIpc) is 3.59. The highest BCUT2D eigenvalue weighted by Crippen LogP contribution is 2.31. The number of likely N-dealkylation sites (tertiary alicyclic amines) is 1. The van der Waals surface area contributed by atoms with Gasteiger partial charge in [0.1, 0.15) is 23.9 Å². The second kappa shape index (κ2) is 13.7. The molecule has 2 unspecified atom stereocenters. The molecule has 4 atom stereocenters. The van der Waals surface area contributed by atoms with Gasteiger partial charge in [0.25, 0.3) is 5.91 Å². The van der Waals surface area contributed by atoms with Gasteiger partial charge in [-0.1, -0.05) is 41.9 Å². The molecule has 0 spiro atoms. The van der Waals surface area contributed by atoms with Crippen molar-refractivity contribution in [1.82, 2.24) is 15.5 Å². The molecule has 3 N–H and O–H groups in total. The zero-order valence-corrected chi connectivity index (χ0v) is 24.2. The molecular formula is C29H33ClN4O8. The molecular weight excluding hydrogens is 568 g/mol. The number of hydrogen-bond acceptors (Lipinski definition) is 8. The number of nitrogens with one attached hydrogen (secondary N) is 3. The number of nitrogens with zero attached hydrogens (tertiary/aromatic N) is 1. The summed E-state index contributed by atoms with van der Waals surface area (Å²) in [5.41, 5.74) is 1.23. The van der Waals surface area contributed by atoms with Gasteiger partial charge in [0, 0.05) is 19.5 Å². The number of rotatable bonds is 10. The molecule has 2 aromatic carbocycles. The largest absolute Gasteiger partial charge is 0.496 e. The summed E-state index contributed by atoms with van der Waals surface area (Å²) >= 11 is 6.23. The van der Waals surface area contributed by atoms with E-state index >= 15 is 0 Å². The van der Waals surface area contributed by atoms with Gasteiger partial charge in [0.05, 0.1) is 36.4 Å². The molecule has 2 fully saturated rings. The first-order chi connectivity index (χ1) is 20.1. The van der Waals surface area contributed by atoms with E-state index in [9.17, 15) is 24.0 Å². The number of carbonyl (C=O) groups excluding carboxylic acids is 5. The summed E-state index contributed by atoms with van der Waals surface area (Å²) in [5.74, 6) is -2.19. The highest BCUT2D eigenvalue weighted by Gasteiger charge is 2.41. The van der Waals surface area contributed by atoms with Crippen LogP contribution in [0.15, 0.2) is 42.5 Å². The highest BCUT2D eigenvalue weighted by atomic mass is 35.5. The van der Waals surface area contributed by atoms with E-state index in [0.717, 1.165) is 5.56 Å². The van der Waals surface area contributed by atoms with Gasteiger partial charge in [0.15, 0.2) is 0 Å². The maximum absolute atomic E-state index is 13.4. The number of benzene rings is 2. The van der Waals surface area contributed by atoms with Crippen molar-refractivity contribution in [2.24, 2.45) is 0 Å². The van der Waals surface area contributed by atoms with E-state index in [1.165, 1.54) is 38.0 Å². The van der Waals surface area contributed by atoms with E-state index in [1.807, 2.05) is 30.3 Å². The molecule has 224 valence electrons. The van der Waals surface area contributed by atoms with Crippen LogP contribution >= 0.6 is 11.6 Å². The number of amides is 4. The Bertz CT molecular complexity index is 1350. The summed E-state index contributed by atoms with van der Waals surface area (Å²) in [6.45, 7) is 3.36. The zero-order valence-electron chi connectivity index (χ0n) is 23.5. The number of hydrogen-bond donors (Lipinski definition) is 3. The van der Waals surface area contributed by atoms with Crippen LogP contribution in [-0.4, -0.2) is 72.6 Å². The van der Waals surface area contributed by atoms with Crippen molar-refractivity contribution in [2.45, 2.75) is 64.1 Å². The molecule has 4 rings (SSSR count). The molecule has 0 bridgehead atoms. The number of anilines is 1. The second-order valence-corrected chi connectivity index (χ2v) is 10.5. The molecule has 2 saturated heterocycles. The van der Waals surface area contributed by atoms with E-state index in [4.69, 9.17) is 25.8 Å². The van der Waals surface area contributed by atoms with Crippen molar-refractivity contribution in [3.63, 3.8) is 0 Å². The minimum Gasteiger partial charge on any atom is -0.496 e. The minimum atomic E-state index is -0.984. The highest BCUT2D eigenvalue weighted by molar-refractivity contribution is 6.34. The van der Waals surface area contributed by atoms with Crippen molar-refractivity contribution in [3.05, 3.63) is 58.6 Å². The molecule has 0 aliphatic carbocycles. The van der Waals surface area contributed by atoms with Gasteiger partial charge in [-0.25, -0.2) is 0 Å². The fourth-order valence-electron chi connectivity index (χ4n) is 4.91. The van der Waals surface area contributed by atoms with Crippen LogP contribution in [-0.2, 0) is 35.3 Å². The van der Waals surface area contributed by atoms with Gasteiger partial charge in [-0.3, -0.25) is 24.0 Å². The Labute approximate surface area is 248 Å². The Morgan fingerprint density at radius 3 is 2.60 bits per heavy atom. The Hall–Kier alpha value is -4.16. The molecule has 2 aliphatic heterocycles. The van der Waals surface area contributed by atoms with Crippen LogP contribution in [0.25, 0.3) is 0 Å². The average molecular weight is 601 g/mol. The molecule has 2 heterocycles. The van der Waals surface area contributed by atoms with Crippen LogP contribution in [0.1, 0.15) is 49.0 Å². The van der Waals surface area contributed by atoms with Gasteiger partial charge < -0.3 is 35.1 Å². The van der Waals surface area contributed by atoms with Gasteiger partial charge >= 0.3 is 5.97 Å². The third kappa shape index (κ3) is 7.37. The molecule has 0 aromatic heterocycles. The number of methoxy groups -OCH3 is 1. The van der Waals surface area contributed by atoms with Gasteiger partial charge in [0.2, 0.25) is 24.0 Å². The Kier molecular flexibility index (Phi) is 10.0. The lowest BCUT2D eigenvalue weighted by atomic mass is 10.1. The van der Waals surface area contributed by atoms with Crippen LogP contribution < -0.4 is 20.7 Å². The predicted octanol–water partition coefficient (Wildman–Crippen LogP) is 2.39. The molecule has 2 aromatic rings. The maximum atomic E-state index is 13.4. The minimum absolute atomic E-state index is 0.0521. The van der Waals surface area contributed by atoms with Crippen LogP contribution in [0.3, 0.4) is 0 Å². The Balaban J connectivity index is 1.38. The first-order valence-corrected chi connectivity index (χ1v) is 13.9. The van der Waals surface area contributed by atoms with E-state index in [-0.39, 0.29) is 41.0 Å². The lowest BCUT2D eigenvalue weighted by molar-refractivity contribution is -0.168. The third-order valence-electron chi connectivity index (χ3n) is 6.95. The SMILES string of the molecule is COc1cc(NC(C)=O)c(Cl)cc1C(=O)N[C@@H](C)C(=O)N1CCC[C@H]1C(=O)NC1CC(=O)OC1OCc1ccccc1. The summed E-state index contributed by atoms with van der Waals surface area (Å²) in [5, 5.41) is 8.13. The molecule has 2 aliphatic rings. The molecule has 12 nitrogen and oxygen atoms in total. The van der Waals surface area contributed by atoms with E-state index < -0.39 is 48.1 Å². The van der Waals surface area contributed by atoms with Crippen molar-refractivity contribution in [2.75, 3.05) is 19.0 Å². The molecule has 0 radical (unpaired) electrons. The third-order valence-corrected chi connectivity index (χ3v) is 7.26. The first kappa shape index (κ1) is 30.8.